The summed E-state index contributed by atoms with van der Waals surface area (Å²) < 4.78 is 0. The number of thiazole rings is 1. The Morgan fingerprint density at radius 2 is 2.38 bits per heavy atom. The molecule has 90 valence electrons. The summed E-state index contributed by atoms with van der Waals surface area (Å²) in [6, 6.07) is 0. The van der Waals surface area contributed by atoms with Gasteiger partial charge in [0.25, 0.3) is 0 Å². The predicted molar refractivity (Wildman–Crippen MR) is 68.3 cm³/mol. The SMILES string of the molecule is CC(C)CNCC1CCCc2sc(=O)[nH]c21. The van der Waals surface area contributed by atoms with E-state index in [2.05, 4.69) is 24.1 Å². The zero-order valence-corrected chi connectivity index (χ0v) is 10.8. The summed E-state index contributed by atoms with van der Waals surface area (Å²) in [5.41, 5.74) is 1.21. The summed E-state index contributed by atoms with van der Waals surface area (Å²) in [7, 11) is 0. The molecule has 0 amide bonds. The Kier molecular flexibility index (Phi) is 3.82. The van der Waals surface area contributed by atoms with E-state index in [4.69, 9.17) is 0 Å². The normalized spacial score (nSPS) is 20.1. The number of rotatable bonds is 4. The van der Waals surface area contributed by atoms with Crippen LogP contribution in [0.3, 0.4) is 0 Å². The highest BCUT2D eigenvalue weighted by atomic mass is 32.1. The first-order valence-corrected chi connectivity index (χ1v) is 6.91. The molecule has 1 heterocycles. The lowest BCUT2D eigenvalue weighted by atomic mass is 9.91. The molecule has 1 aliphatic rings. The number of aromatic nitrogens is 1. The molecule has 1 atom stereocenters. The standard InChI is InChI=1S/C12H20N2OS/c1-8(2)6-13-7-9-4-3-5-10-11(9)14-12(15)16-10/h8-9,13H,3-7H2,1-2H3,(H,14,15). The maximum atomic E-state index is 11.3. The van der Waals surface area contributed by atoms with Crippen molar-refractivity contribution in [3.05, 3.63) is 20.2 Å². The number of aryl methyl sites for hydroxylation is 1. The van der Waals surface area contributed by atoms with Gasteiger partial charge in [0.1, 0.15) is 0 Å². The fraction of sp³-hybridized carbons (Fsp3) is 0.750. The summed E-state index contributed by atoms with van der Waals surface area (Å²) in [4.78, 5) is 15.7. The van der Waals surface area contributed by atoms with E-state index in [-0.39, 0.29) is 4.87 Å². The van der Waals surface area contributed by atoms with Crippen molar-refractivity contribution in [1.82, 2.24) is 10.3 Å². The lowest BCUT2D eigenvalue weighted by Crippen LogP contribution is -2.27. The molecule has 0 saturated carbocycles. The van der Waals surface area contributed by atoms with Crippen molar-refractivity contribution in [3.63, 3.8) is 0 Å². The van der Waals surface area contributed by atoms with Gasteiger partial charge >= 0.3 is 4.87 Å². The van der Waals surface area contributed by atoms with Crippen LogP contribution in [0.4, 0.5) is 0 Å². The molecule has 1 aliphatic carbocycles. The van der Waals surface area contributed by atoms with Crippen LogP contribution in [0.1, 0.15) is 43.2 Å². The zero-order valence-electron chi connectivity index (χ0n) is 10.0. The molecule has 0 saturated heterocycles. The molecule has 3 nitrogen and oxygen atoms in total. The van der Waals surface area contributed by atoms with Crippen LogP contribution in [0.25, 0.3) is 0 Å². The average Bonchev–Trinajstić information content (AvgIpc) is 2.58. The summed E-state index contributed by atoms with van der Waals surface area (Å²) in [6.07, 6.45) is 3.50. The Labute approximate surface area is 100 Å². The first-order chi connectivity index (χ1) is 7.66. The second-order valence-electron chi connectivity index (χ2n) is 4.99. The maximum absolute atomic E-state index is 11.3. The molecule has 1 unspecified atom stereocenters. The molecule has 0 bridgehead atoms. The van der Waals surface area contributed by atoms with Gasteiger partial charge in [-0.1, -0.05) is 25.2 Å². The van der Waals surface area contributed by atoms with Crippen molar-refractivity contribution >= 4 is 11.3 Å². The molecule has 0 radical (unpaired) electrons. The number of hydrogen-bond acceptors (Lipinski definition) is 3. The third-order valence-corrected chi connectivity index (χ3v) is 4.02. The molecule has 1 aromatic rings. The van der Waals surface area contributed by atoms with Crippen molar-refractivity contribution in [2.75, 3.05) is 13.1 Å². The molecule has 0 aliphatic heterocycles. The van der Waals surface area contributed by atoms with Crippen molar-refractivity contribution in [2.45, 2.75) is 39.0 Å². The first-order valence-electron chi connectivity index (χ1n) is 6.09. The molecule has 2 rings (SSSR count). The van der Waals surface area contributed by atoms with Gasteiger partial charge in [-0.15, -0.1) is 0 Å². The van der Waals surface area contributed by atoms with Gasteiger partial charge in [-0.3, -0.25) is 4.79 Å². The Balaban J connectivity index is 1.99. The van der Waals surface area contributed by atoms with Gasteiger partial charge < -0.3 is 10.3 Å². The second kappa shape index (κ2) is 5.15. The first kappa shape index (κ1) is 11.9. The number of hydrogen-bond donors (Lipinski definition) is 2. The number of fused-ring (bicyclic) bond motifs is 1. The highest BCUT2D eigenvalue weighted by Crippen LogP contribution is 2.30. The lowest BCUT2D eigenvalue weighted by molar-refractivity contribution is 0.472. The van der Waals surface area contributed by atoms with E-state index >= 15 is 0 Å². The zero-order chi connectivity index (χ0) is 11.5. The Morgan fingerprint density at radius 1 is 1.56 bits per heavy atom. The monoisotopic (exact) mass is 240 g/mol. The summed E-state index contributed by atoms with van der Waals surface area (Å²) in [5, 5.41) is 3.49. The minimum Gasteiger partial charge on any atom is -0.316 e. The molecular formula is C12H20N2OS. The molecule has 0 spiro atoms. The maximum Gasteiger partial charge on any atom is 0.304 e. The van der Waals surface area contributed by atoms with Crippen LogP contribution < -0.4 is 10.2 Å². The van der Waals surface area contributed by atoms with Crippen molar-refractivity contribution in [1.29, 1.82) is 0 Å². The van der Waals surface area contributed by atoms with Crippen LogP contribution in [0, 0.1) is 5.92 Å². The highest BCUT2D eigenvalue weighted by Gasteiger charge is 2.22. The van der Waals surface area contributed by atoms with Crippen LogP contribution in [0.5, 0.6) is 0 Å². The minimum absolute atomic E-state index is 0.112. The van der Waals surface area contributed by atoms with Crippen LogP contribution in [0.15, 0.2) is 4.79 Å². The minimum atomic E-state index is 0.112. The van der Waals surface area contributed by atoms with E-state index in [0.29, 0.717) is 11.8 Å². The quantitative estimate of drug-likeness (QED) is 0.846. The van der Waals surface area contributed by atoms with Gasteiger partial charge in [0.2, 0.25) is 0 Å². The van der Waals surface area contributed by atoms with Crippen molar-refractivity contribution < 1.29 is 0 Å². The third kappa shape index (κ3) is 2.74. The van der Waals surface area contributed by atoms with E-state index in [9.17, 15) is 4.79 Å². The lowest BCUT2D eigenvalue weighted by Gasteiger charge is -2.22. The molecular weight excluding hydrogens is 220 g/mol. The third-order valence-electron chi connectivity index (χ3n) is 3.06. The van der Waals surface area contributed by atoms with Crippen LogP contribution >= 0.6 is 11.3 Å². The molecule has 4 heteroatoms. The fourth-order valence-electron chi connectivity index (χ4n) is 2.29. The van der Waals surface area contributed by atoms with Gasteiger partial charge in [0.15, 0.2) is 0 Å². The van der Waals surface area contributed by atoms with Gasteiger partial charge in [0.05, 0.1) is 0 Å². The van der Waals surface area contributed by atoms with Crippen LogP contribution in [-0.2, 0) is 6.42 Å². The van der Waals surface area contributed by atoms with Gasteiger partial charge in [0, 0.05) is 23.0 Å². The predicted octanol–water partition coefficient (Wildman–Crippen LogP) is 2.10. The average molecular weight is 240 g/mol. The van der Waals surface area contributed by atoms with Gasteiger partial charge in [-0.25, -0.2) is 0 Å². The Bertz CT molecular complexity index is 394. The topological polar surface area (TPSA) is 44.9 Å². The van der Waals surface area contributed by atoms with E-state index in [1.54, 1.807) is 0 Å². The van der Waals surface area contributed by atoms with E-state index in [1.165, 1.54) is 34.7 Å². The van der Waals surface area contributed by atoms with E-state index in [1.807, 2.05) is 0 Å². The Morgan fingerprint density at radius 3 is 3.12 bits per heavy atom. The van der Waals surface area contributed by atoms with E-state index < -0.39 is 0 Å². The largest absolute Gasteiger partial charge is 0.316 e. The fourth-order valence-corrected chi connectivity index (χ4v) is 3.25. The summed E-state index contributed by atoms with van der Waals surface area (Å²) in [5.74, 6) is 1.20. The smallest absolute Gasteiger partial charge is 0.304 e. The van der Waals surface area contributed by atoms with Gasteiger partial charge in [-0.2, -0.15) is 0 Å². The molecule has 1 aromatic heterocycles. The Hall–Kier alpha value is -0.610. The molecule has 16 heavy (non-hydrogen) atoms. The van der Waals surface area contributed by atoms with E-state index in [0.717, 1.165) is 19.5 Å². The number of nitrogens with one attached hydrogen (secondary N) is 2. The summed E-state index contributed by atoms with van der Waals surface area (Å²) >= 11 is 1.39. The molecule has 2 N–H and O–H groups in total. The molecule has 0 aromatic carbocycles. The number of H-pyrrole nitrogens is 1. The number of aromatic amines is 1. The van der Waals surface area contributed by atoms with Gasteiger partial charge in [-0.05, 0) is 31.7 Å². The van der Waals surface area contributed by atoms with Crippen molar-refractivity contribution in [2.24, 2.45) is 5.92 Å². The molecule has 0 fully saturated rings. The highest BCUT2D eigenvalue weighted by molar-refractivity contribution is 7.09. The van der Waals surface area contributed by atoms with Crippen LogP contribution in [-0.4, -0.2) is 18.1 Å². The van der Waals surface area contributed by atoms with Crippen molar-refractivity contribution in [3.8, 4) is 0 Å². The second-order valence-corrected chi connectivity index (χ2v) is 6.06. The summed E-state index contributed by atoms with van der Waals surface area (Å²) in [6.45, 7) is 6.48. The van der Waals surface area contributed by atoms with Crippen LogP contribution in [0.2, 0.25) is 0 Å².